The molecule has 1 aromatic carbocycles. The second-order valence-electron chi connectivity index (χ2n) is 4.02. The van der Waals surface area contributed by atoms with Gasteiger partial charge < -0.3 is 4.90 Å². The van der Waals surface area contributed by atoms with E-state index in [0.29, 0.717) is 0 Å². The van der Waals surface area contributed by atoms with Gasteiger partial charge in [-0.3, -0.25) is 0 Å². The van der Waals surface area contributed by atoms with E-state index in [1.54, 1.807) is 6.08 Å². The lowest BCUT2D eigenvalue weighted by Gasteiger charge is -2.22. The standard InChI is InChI=1S/C14H17N/c1-4-11(2)15(3)14-10-6-8-12-7-5-9-13(12)14/h4,6,8,10H,1-2,5,7,9H2,3H3. The molecule has 1 heteroatoms. The first-order valence-corrected chi connectivity index (χ1v) is 5.40. The van der Waals surface area contributed by atoms with E-state index in [9.17, 15) is 0 Å². The quantitative estimate of drug-likeness (QED) is 0.675. The fourth-order valence-electron chi connectivity index (χ4n) is 2.21. The summed E-state index contributed by atoms with van der Waals surface area (Å²) >= 11 is 0. The molecule has 0 saturated carbocycles. The Labute approximate surface area is 91.7 Å². The van der Waals surface area contributed by atoms with Gasteiger partial charge in [-0.25, -0.2) is 0 Å². The first-order chi connectivity index (χ1) is 7.24. The molecule has 0 N–H and O–H groups in total. The third-order valence-electron chi connectivity index (χ3n) is 3.15. The van der Waals surface area contributed by atoms with E-state index < -0.39 is 0 Å². The molecular formula is C14H17N. The number of benzene rings is 1. The molecule has 15 heavy (non-hydrogen) atoms. The van der Waals surface area contributed by atoms with Crippen LogP contribution in [0.25, 0.3) is 0 Å². The molecule has 0 aliphatic heterocycles. The van der Waals surface area contributed by atoms with E-state index >= 15 is 0 Å². The van der Waals surface area contributed by atoms with E-state index in [2.05, 4.69) is 43.3 Å². The van der Waals surface area contributed by atoms with E-state index in [1.165, 1.54) is 36.1 Å². The summed E-state index contributed by atoms with van der Waals surface area (Å²) in [5.41, 5.74) is 5.23. The molecule has 0 aromatic heterocycles. The average Bonchev–Trinajstić information content (AvgIpc) is 2.74. The number of aryl methyl sites for hydroxylation is 1. The van der Waals surface area contributed by atoms with Crippen LogP contribution < -0.4 is 4.90 Å². The number of allylic oxidation sites excluding steroid dienone is 1. The lowest BCUT2D eigenvalue weighted by atomic mass is 10.1. The van der Waals surface area contributed by atoms with Gasteiger partial charge in [0.2, 0.25) is 0 Å². The second-order valence-corrected chi connectivity index (χ2v) is 4.02. The number of hydrogen-bond donors (Lipinski definition) is 0. The van der Waals surface area contributed by atoms with Gasteiger partial charge in [-0.15, -0.1) is 0 Å². The lowest BCUT2D eigenvalue weighted by Crippen LogP contribution is -2.15. The Kier molecular flexibility index (Phi) is 2.63. The Morgan fingerprint density at radius 1 is 1.40 bits per heavy atom. The van der Waals surface area contributed by atoms with Gasteiger partial charge in [0.25, 0.3) is 0 Å². The summed E-state index contributed by atoms with van der Waals surface area (Å²) in [7, 11) is 2.05. The van der Waals surface area contributed by atoms with Crippen molar-refractivity contribution in [3.05, 3.63) is 54.3 Å². The minimum Gasteiger partial charge on any atom is -0.345 e. The fourth-order valence-corrected chi connectivity index (χ4v) is 2.21. The van der Waals surface area contributed by atoms with Crippen molar-refractivity contribution in [1.82, 2.24) is 0 Å². The van der Waals surface area contributed by atoms with Crippen LogP contribution in [0.1, 0.15) is 17.5 Å². The first-order valence-electron chi connectivity index (χ1n) is 5.40. The largest absolute Gasteiger partial charge is 0.345 e. The van der Waals surface area contributed by atoms with Gasteiger partial charge >= 0.3 is 0 Å². The van der Waals surface area contributed by atoms with Crippen molar-refractivity contribution in [3.8, 4) is 0 Å². The summed E-state index contributed by atoms with van der Waals surface area (Å²) in [5, 5.41) is 0. The minimum absolute atomic E-state index is 0.954. The zero-order valence-electron chi connectivity index (χ0n) is 9.29. The SMILES string of the molecule is C=CC(=C)N(C)c1cccc2c1CCC2. The Balaban J connectivity index is 2.40. The van der Waals surface area contributed by atoms with E-state index in [0.717, 1.165) is 5.70 Å². The van der Waals surface area contributed by atoms with Crippen LogP contribution in [-0.2, 0) is 12.8 Å². The van der Waals surface area contributed by atoms with Gasteiger partial charge in [0.05, 0.1) is 0 Å². The van der Waals surface area contributed by atoms with Crippen molar-refractivity contribution in [1.29, 1.82) is 0 Å². The monoisotopic (exact) mass is 199 g/mol. The molecule has 0 spiro atoms. The molecule has 0 unspecified atom stereocenters. The molecule has 0 fully saturated rings. The van der Waals surface area contributed by atoms with E-state index in [4.69, 9.17) is 0 Å². The number of likely N-dealkylation sites (N-methyl/N-ethyl adjacent to an activating group) is 1. The molecule has 2 rings (SSSR count). The van der Waals surface area contributed by atoms with Crippen molar-refractivity contribution in [2.45, 2.75) is 19.3 Å². The fraction of sp³-hybridized carbons (Fsp3) is 0.286. The Morgan fingerprint density at radius 3 is 2.93 bits per heavy atom. The summed E-state index contributed by atoms with van der Waals surface area (Å²) in [5.74, 6) is 0. The normalized spacial score (nSPS) is 13.4. The van der Waals surface area contributed by atoms with Gasteiger partial charge in [-0.2, -0.15) is 0 Å². The third-order valence-corrected chi connectivity index (χ3v) is 3.15. The molecule has 0 saturated heterocycles. The molecule has 1 nitrogen and oxygen atoms in total. The van der Waals surface area contributed by atoms with Gasteiger partial charge in [0, 0.05) is 18.4 Å². The molecule has 1 aromatic rings. The summed E-state index contributed by atoms with van der Waals surface area (Å²) in [6.07, 6.45) is 5.49. The van der Waals surface area contributed by atoms with Crippen molar-refractivity contribution < 1.29 is 0 Å². The van der Waals surface area contributed by atoms with Crippen LogP contribution in [0.4, 0.5) is 5.69 Å². The maximum atomic E-state index is 3.98. The Morgan fingerprint density at radius 2 is 2.20 bits per heavy atom. The van der Waals surface area contributed by atoms with Crippen LogP contribution in [0.5, 0.6) is 0 Å². The predicted molar refractivity (Wildman–Crippen MR) is 66.2 cm³/mol. The topological polar surface area (TPSA) is 3.24 Å². The summed E-state index contributed by atoms with van der Waals surface area (Å²) in [6.45, 7) is 7.74. The average molecular weight is 199 g/mol. The molecule has 78 valence electrons. The first kappa shape index (κ1) is 10.0. The van der Waals surface area contributed by atoms with Crippen LogP contribution in [0.2, 0.25) is 0 Å². The molecule has 0 amide bonds. The molecule has 0 atom stereocenters. The molecule has 0 radical (unpaired) electrons. The third kappa shape index (κ3) is 1.70. The van der Waals surface area contributed by atoms with Crippen LogP contribution >= 0.6 is 0 Å². The van der Waals surface area contributed by atoms with Gasteiger partial charge in [-0.05, 0) is 42.5 Å². The van der Waals surface area contributed by atoms with Crippen LogP contribution in [0.3, 0.4) is 0 Å². The van der Waals surface area contributed by atoms with Crippen LogP contribution in [0, 0.1) is 0 Å². The van der Waals surface area contributed by atoms with Gasteiger partial charge in [0.15, 0.2) is 0 Å². The maximum absolute atomic E-state index is 3.98. The molecule has 1 aliphatic rings. The highest BCUT2D eigenvalue weighted by atomic mass is 15.1. The van der Waals surface area contributed by atoms with Crippen LogP contribution in [-0.4, -0.2) is 7.05 Å². The number of nitrogens with zero attached hydrogens (tertiary/aromatic N) is 1. The Bertz CT molecular complexity index is 404. The summed E-state index contributed by atoms with van der Waals surface area (Å²) < 4.78 is 0. The van der Waals surface area contributed by atoms with Gasteiger partial charge in [-0.1, -0.05) is 25.3 Å². The molecule has 0 bridgehead atoms. The van der Waals surface area contributed by atoms with Crippen molar-refractivity contribution >= 4 is 5.69 Å². The van der Waals surface area contributed by atoms with Crippen molar-refractivity contribution in [2.24, 2.45) is 0 Å². The van der Waals surface area contributed by atoms with E-state index in [-0.39, 0.29) is 0 Å². The molecule has 0 heterocycles. The van der Waals surface area contributed by atoms with Gasteiger partial charge in [0.1, 0.15) is 0 Å². The highest BCUT2D eigenvalue weighted by Crippen LogP contribution is 2.31. The second kappa shape index (κ2) is 3.93. The Hall–Kier alpha value is -1.50. The summed E-state index contributed by atoms with van der Waals surface area (Å²) in [6, 6.07) is 6.53. The van der Waals surface area contributed by atoms with Crippen molar-refractivity contribution in [2.75, 3.05) is 11.9 Å². The number of anilines is 1. The number of fused-ring (bicyclic) bond motifs is 1. The van der Waals surface area contributed by atoms with Crippen LogP contribution in [0.15, 0.2) is 43.1 Å². The number of hydrogen-bond acceptors (Lipinski definition) is 1. The number of rotatable bonds is 3. The summed E-state index contributed by atoms with van der Waals surface area (Å²) in [4.78, 5) is 2.12. The zero-order valence-corrected chi connectivity index (χ0v) is 9.29. The maximum Gasteiger partial charge on any atom is 0.0443 e. The highest BCUT2D eigenvalue weighted by Gasteiger charge is 2.16. The minimum atomic E-state index is 0.954. The lowest BCUT2D eigenvalue weighted by molar-refractivity contribution is 0.909. The molecular weight excluding hydrogens is 182 g/mol. The smallest absolute Gasteiger partial charge is 0.0443 e. The predicted octanol–water partition coefficient (Wildman–Crippen LogP) is 3.31. The van der Waals surface area contributed by atoms with E-state index in [1.807, 2.05) is 0 Å². The molecule has 1 aliphatic carbocycles. The highest BCUT2D eigenvalue weighted by molar-refractivity contribution is 5.62. The zero-order chi connectivity index (χ0) is 10.8. The van der Waals surface area contributed by atoms with Crippen molar-refractivity contribution in [3.63, 3.8) is 0 Å².